The Bertz CT molecular complexity index is 3340. The van der Waals surface area contributed by atoms with Crippen LogP contribution in [0.3, 0.4) is 0 Å². The SMILES string of the molecule is CC(C)(C)c1ccc2c(c1)c1cc(C(C)(C)C)ccc1n2-c1c(-c2cccc(F)c2)c(C(F)(F)F)c(-n2c3ccc(C(C)(C)C)cc3c3cc(C(C)(C)C)ccc32)c(C(F)(F)F)c1-c1cccc(F)c1. The first-order chi connectivity index (χ1) is 32.4. The Morgan fingerprint density at radius 2 is 0.600 bits per heavy atom. The van der Waals surface area contributed by atoms with Gasteiger partial charge in [-0.05, 0) is 128 Å². The van der Waals surface area contributed by atoms with Crippen molar-refractivity contribution < 1.29 is 35.1 Å². The molecule has 362 valence electrons. The molecule has 0 N–H and O–H groups in total. The van der Waals surface area contributed by atoms with Crippen LogP contribution in [-0.4, -0.2) is 9.13 Å². The van der Waals surface area contributed by atoms with Gasteiger partial charge in [-0.2, -0.15) is 26.3 Å². The van der Waals surface area contributed by atoms with Crippen molar-refractivity contribution in [2.24, 2.45) is 0 Å². The minimum atomic E-state index is -5.52. The Morgan fingerprint density at radius 3 is 0.843 bits per heavy atom. The van der Waals surface area contributed by atoms with E-state index >= 15 is 35.1 Å². The molecule has 2 aromatic heterocycles. The van der Waals surface area contributed by atoms with Crippen LogP contribution >= 0.6 is 0 Å². The molecule has 0 aliphatic carbocycles. The fraction of sp³-hybridized carbons (Fsp3) is 0.300. The van der Waals surface area contributed by atoms with Crippen molar-refractivity contribution in [1.82, 2.24) is 9.13 Å². The molecule has 0 unspecified atom stereocenters. The van der Waals surface area contributed by atoms with Gasteiger partial charge >= 0.3 is 12.4 Å². The number of fused-ring (bicyclic) bond motifs is 6. The molecule has 0 aliphatic rings. The molecule has 2 nitrogen and oxygen atoms in total. The molecule has 10 heteroatoms. The number of nitrogens with zero attached hydrogens (tertiary/aromatic N) is 2. The highest BCUT2D eigenvalue weighted by molar-refractivity contribution is 6.13. The molecule has 7 aromatic carbocycles. The number of aromatic nitrogens is 2. The normalized spacial score (nSPS) is 13.4. The van der Waals surface area contributed by atoms with Gasteiger partial charge in [0.2, 0.25) is 0 Å². The van der Waals surface area contributed by atoms with E-state index in [1.807, 2.05) is 119 Å². The lowest BCUT2D eigenvalue weighted by atomic mass is 9.84. The zero-order chi connectivity index (χ0) is 51.0. The van der Waals surface area contributed by atoms with Crippen LogP contribution in [0.4, 0.5) is 35.1 Å². The molecular formula is C60H56F8N2. The first kappa shape index (κ1) is 48.6. The molecule has 0 amide bonds. The molecule has 0 saturated heterocycles. The maximum atomic E-state index is 17.2. The molecule has 0 fully saturated rings. The van der Waals surface area contributed by atoms with Crippen LogP contribution in [0.5, 0.6) is 0 Å². The number of halogens is 8. The summed E-state index contributed by atoms with van der Waals surface area (Å²) in [5.41, 5.74) is -4.57. The van der Waals surface area contributed by atoms with Gasteiger partial charge in [-0.1, -0.05) is 132 Å². The summed E-state index contributed by atoms with van der Waals surface area (Å²) < 4.78 is 137. The predicted octanol–water partition coefficient (Wildman–Crippen LogP) is 18.7. The topological polar surface area (TPSA) is 9.86 Å². The van der Waals surface area contributed by atoms with Gasteiger partial charge < -0.3 is 9.13 Å². The molecule has 0 saturated carbocycles. The standard InChI is InChI=1S/C60H56F8N2/c1-55(2,3)35-19-23-45-41(29-35)42-30-36(56(4,5)6)20-24-46(42)69(45)53-49(33-15-13-17-39(61)27-33)51(59(63,64)65)54(52(60(66,67)68)50(53)34-16-14-18-40(62)28-34)70-47-25-21-37(57(7,8)9)31-43(47)44-32-38(58(10,11)12)22-26-48(44)70/h13-32H,1-12H3. The molecule has 9 aromatic rings. The van der Waals surface area contributed by atoms with Gasteiger partial charge in [-0.3, -0.25) is 0 Å². The van der Waals surface area contributed by atoms with Crippen molar-refractivity contribution in [3.05, 3.63) is 166 Å². The number of hydrogen-bond donors (Lipinski definition) is 0. The highest BCUT2D eigenvalue weighted by atomic mass is 19.4. The third-order valence-corrected chi connectivity index (χ3v) is 13.7. The van der Waals surface area contributed by atoms with E-state index in [0.717, 1.165) is 51.1 Å². The van der Waals surface area contributed by atoms with Gasteiger partial charge in [0, 0.05) is 32.7 Å². The summed E-state index contributed by atoms with van der Waals surface area (Å²) in [7, 11) is 0. The summed E-state index contributed by atoms with van der Waals surface area (Å²) in [4.78, 5) is 0. The minimum absolute atomic E-state index is 0.0921. The maximum absolute atomic E-state index is 17.2. The van der Waals surface area contributed by atoms with Crippen LogP contribution in [-0.2, 0) is 34.0 Å². The average molecular weight is 957 g/mol. The van der Waals surface area contributed by atoms with Gasteiger partial charge in [-0.25, -0.2) is 8.78 Å². The maximum Gasteiger partial charge on any atom is 0.419 e. The van der Waals surface area contributed by atoms with Crippen LogP contribution in [0, 0.1) is 11.6 Å². The summed E-state index contributed by atoms with van der Waals surface area (Å²) >= 11 is 0. The van der Waals surface area contributed by atoms with E-state index < -0.39 is 79.3 Å². The highest BCUT2D eigenvalue weighted by Crippen LogP contribution is 2.57. The van der Waals surface area contributed by atoms with Crippen molar-refractivity contribution in [2.75, 3.05) is 0 Å². The highest BCUT2D eigenvalue weighted by Gasteiger charge is 2.49. The lowest BCUT2D eigenvalue weighted by Crippen LogP contribution is -2.23. The van der Waals surface area contributed by atoms with Crippen molar-refractivity contribution in [1.29, 1.82) is 0 Å². The lowest BCUT2D eigenvalue weighted by Gasteiger charge is -2.31. The van der Waals surface area contributed by atoms with Crippen molar-refractivity contribution in [3.8, 4) is 33.6 Å². The largest absolute Gasteiger partial charge is 0.419 e. The first-order valence-electron chi connectivity index (χ1n) is 23.4. The number of alkyl halides is 6. The zero-order valence-electron chi connectivity index (χ0n) is 41.5. The van der Waals surface area contributed by atoms with E-state index in [9.17, 15) is 0 Å². The first-order valence-corrected chi connectivity index (χ1v) is 23.4. The van der Waals surface area contributed by atoms with Crippen molar-refractivity contribution >= 4 is 43.6 Å². The van der Waals surface area contributed by atoms with Crippen LogP contribution in [0.15, 0.2) is 121 Å². The second-order valence-corrected chi connectivity index (χ2v) is 22.8. The lowest BCUT2D eigenvalue weighted by molar-refractivity contribution is -0.142. The molecule has 0 radical (unpaired) electrons. The van der Waals surface area contributed by atoms with E-state index in [1.54, 1.807) is 36.4 Å². The molecular weight excluding hydrogens is 901 g/mol. The second-order valence-electron chi connectivity index (χ2n) is 22.8. The summed E-state index contributed by atoms with van der Waals surface area (Å²) in [6.45, 7) is 24.0. The fourth-order valence-electron chi connectivity index (χ4n) is 9.97. The van der Waals surface area contributed by atoms with Crippen LogP contribution in [0.1, 0.15) is 116 Å². The third-order valence-electron chi connectivity index (χ3n) is 13.7. The Labute approximate surface area is 403 Å². The molecule has 0 aliphatic heterocycles. The van der Waals surface area contributed by atoms with Gasteiger partial charge in [0.15, 0.2) is 0 Å². The van der Waals surface area contributed by atoms with Gasteiger partial charge in [0.05, 0.1) is 44.6 Å². The molecule has 0 bridgehead atoms. The minimum Gasteiger partial charge on any atom is -0.308 e. The number of benzene rings is 7. The summed E-state index contributed by atoms with van der Waals surface area (Å²) in [5, 5.41) is 2.07. The van der Waals surface area contributed by atoms with E-state index in [1.165, 1.54) is 28.8 Å². The predicted molar refractivity (Wildman–Crippen MR) is 271 cm³/mol. The van der Waals surface area contributed by atoms with E-state index in [4.69, 9.17) is 0 Å². The monoisotopic (exact) mass is 956 g/mol. The van der Waals surface area contributed by atoms with Crippen LogP contribution in [0.25, 0.3) is 77.2 Å². The van der Waals surface area contributed by atoms with Crippen LogP contribution in [0.2, 0.25) is 0 Å². The molecule has 0 spiro atoms. The van der Waals surface area contributed by atoms with Crippen LogP contribution < -0.4 is 0 Å². The van der Waals surface area contributed by atoms with Crippen molar-refractivity contribution in [2.45, 2.75) is 117 Å². The average Bonchev–Trinajstić information content (AvgIpc) is 3.74. The van der Waals surface area contributed by atoms with Crippen molar-refractivity contribution in [3.63, 3.8) is 0 Å². The third kappa shape index (κ3) is 8.24. The number of hydrogen-bond acceptors (Lipinski definition) is 0. The van der Waals surface area contributed by atoms with E-state index in [2.05, 4.69) is 0 Å². The Morgan fingerprint density at radius 1 is 0.329 bits per heavy atom. The van der Waals surface area contributed by atoms with E-state index in [-0.39, 0.29) is 22.2 Å². The molecule has 2 heterocycles. The Balaban J connectivity index is 1.64. The van der Waals surface area contributed by atoms with Gasteiger partial charge in [0.1, 0.15) is 11.6 Å². The molecule has 9 rings (SSSR count). The summed E-state index contributed by atoms with van der Waals surface area (Å²) in [6.07, 6.45) is -11.0. The Kier molecular flexibility index (Phi) is 11.1. The van der Waals surface area contributed by atoms with Gasteiger partial charge in [-0.15, -0.1) is 0 Å². The Hall–Kier alpha value is -6.42. The second kappa shape index (κ2) is 16.1. The quantitative estimate of drug-likeness (QED) is 0.156. The molecule has 0 atom stereocenters. The summed E-state index contributed by atoms with van der Waals surface area (Å²) in [6, 6.07) is 30.3. The zero-order valence-corrected chi connectivity index (χ0v) is 41.5. The van der Waals surface area contributed by atoms with E-state index in [0.29, 0.717) is 32.6 Å². The fourth-order valence-corrected chi connectivity index (χ4v) is 9.97. The number of rotatable bonds is 4. The smallest absolute Gasteiger partial charge is 0.308 e. The summed E-state index contributed by atoms with van der Waals surface area (Å²) in [5.74, 6) is -1.81. The van der Waals surface area contributed by atoms with Gasteiger partial charge in [0.25, 0.3) is 0 Å². The molecule has 70 heavy (non-hydrogen) atoms.